The van der Waals surface area contributed by atoms with Crippen molar-refractivity contribution in [2.45, 2.75) is 97.6 Å². The molecular weight excluding hydrogens is 570 g/mol. The fraction of sp³-hybridized carbons (Fsp3) is 0.606. The van der Waals surface area contributed by atoms with Crippen LogP contribution >= 0.6 is 0 Å². The molecule has 11 heteroatoms. The molecule has 0 amide bonds. The molecule has 1 N–H and O–H groups in total. The molecule has 2 aromatic rings. The summed E-state index contributed by atoms with van der Waals surface area (Å²) in [7, 11) is 0. The highest BCUT2D eigenvalue weighted by Crippen LogP contribution is 2.67. The maximum absolute atomic E-state index is 13.5. The van der Waals surface area contributed by atoms with Crippen molar-refractivity contribution in [3.8, 4) is 17.1 Å². The van der Waals surface area contributed by atoms with Crippen molar-refractivity contribution in [3.05, 3.63) is 46.6 Å². The average molecular weight is 612 g/mol. The van der Waals surface area contributed by atoms with E-state index in [0.29, 0.717) is 24.8 Å². The third kappa shape index (κ3) is 5.29. The van der Waals surface area contributed by atoms with E-state index < -0.39 is 58.2 Å². The molecular formula is C33H41NO10. The number of nitrogens with zero attached hydrogens (tertiary/aromatic N) is 1. The summed E-state index contributed by atoms with van der Waals surface area (Å²) >= 11 is 0. The number of carbonyl (C=O) groups is 3. The van der Waals surface area contributed by atoms with Crippen molar-refractivity contribution in [1.29, 1.82) is 0 Å². The van der Waals surface area contributed by atoms with Gasteiger partial charge >= 0.3 is 23.5 Å². The predicted octanol–water partition coefficient (Wildman–Crippen LogP) is 4.54. The Balaban J connectivity index is 1.64. The summed E-state index contributed by atoms with van der Waals surface area (Å²) < 4.78 is 29.9. The summed E-state index contributed by atoms with van der Waals surface area (Å²) in [6.07, 6.45) is 2.41. The van der Waals surface area contributed by atoms with Gasteiger partial charge in [-0.1, -0.05) is 20.8 Å². The number of fused-ring (bicyclic) bond motifs is 4. The van der Waals surface area contributed by atoms with Gasteiger partial charge in [-0.15, -0.1) is 0 Å². The van der Waals surface area contributed by atoms with Gasteiger partial charge in [-0.25, -0.2) is 4.79 Å². The highest BCUT2D eigenvalue weighted by Gasteiger charge is 2.70. The predicted molar refractivity (Wildman–Crippen MR) is 156 cm³/mol. The van der Waals surface area contributed by atoms with Crippen LogP contribution in [0.5, 0.6) is 5.75 Å². The van der Waals surface area contributed by atoms with Crippen molar-refractivity contribution in [2.75, 3.05) is 6.61 Å². The van der Waals surface area contributed by atoms with Crippen molar-refractivity contribution in [2.24, 2.45) is 22.7 Å². The van der Waals surface area contributed by atoms with Crippen LogP contribution in [0.3, 0.4) is 0 Å². The molecule has 11 nitrogen and oxygen atoms in total. The van der Waals surface area contributed by atoms with Gasteiger partial charge in [0, 0.05) is 55.6 Å². The second kappa shape index (κ2) is 11.6. The normalized spacial score (nSPS) is 33.9. The van der Waals surface area contributed by atoms with Gasteiger partial charge in [0.25, 0.3) is 0 Å². The maximum Gasteiger partial charge on any atom is 0.345 e. The van der Waals surface area contributed by atoms with Crippen LogP contribution in [0.1, 0.15) is 85.3 Å². The first kappa shape index (κ1) is 31.7. The monoisotopic (exact) mass is 611 g/mol. The Morgan fingerprint density at radius 2 is 1.82 bits per heavy atom. The zero-order chi connectivity index (χ0) is 32.0. The number of aromatic nitrogens is 1. The fourth-order valence-electron chi connectivity index (χ4n) is 8.29. The smallest absolute Gasteiger partial charge is 0.345 e. The highest BCUT2D eigenvalue weighted by atomic mass is 16.6. The number of esters is 3. The lowest BCUT2D eigenvalue weighted by Crippen LogP contribution is -2.71. The Kier molecular flexibility index (Phi) is 8.39. The number of aliphatic hydroxyl groups is 1. The lowest BCUT2D eigenvalue weighted by molar-refractivity contribution is -0.270. The third-order valence-corrected chi connectivity index (χ3v) is 10.1. The molecule has 3 heterocycles. The molecule has 2 saturated carbocycles. The van der Waals surface area contributed by atoms with Crippen molar-refractivity contribution >= 4 is 17.9 Å². The molecule has 2 aromatic heterocycles. The van der Waals surface area contributed by atoms with Crippen LogP contribution in [0.25, 0.3) is 11.3 Å². The van der Waals surface area contributed by atoms with E-state index in [1.54, 1.807) is 37.5 Å². The van der Waals surface area contributed by atoms with Crippen molar-refractivity contribution in [1.82, 2.24) is 4.98 Å². The first-order chi connectivity index (χ1) is 20.7. The molecule has 0 aromatic carbocycles. The summed E-state index contributed by atoms with van der Waals surface area (Å²) in [6.45, 7) is 10.2. The number of hydrogen-bond acceptors (Lipinski definition) is 11. The van der Waals surface area contributed by atoms with E-state index in [0.717, 1.165) is 0 Å². The van der Waals surface area contributed by atoms with Crippen LogP contribution in [0.15, 0.2) is 39.8 Å². The third-order valence-electron chi connectivity index (χ3n) is 10.1. The topological polar surface area (TPSA) is 151 Å². The average Bonchev–Trinajstić information content (AvgIpc) is 2.94. The van der Waals surface area contributed by atoms with E-state index in [9.17, 15) is 24.3 Å². The van der Waals surface area contributed by atoms with E-state index in [4.69, 9.17) is 23.4 Å². The Bertz CT molecular complexity index is 1490. The Hall–Kier alpha value is -3.73. The molecule has 0 unspecified atom stereocenters. The number of carbonyl (C=O) groups excluding carboxylic acids is 3. The molecule has 0 spiro atoms. The minimum absolute atomic E-state index is 0.0123. The second-order valence-electron chi connectivity index (χ2n) is 13.1. The molecule has 44 heavy (non-hydrogen) atoms. The van der Waals surface area contributed by atoms with E-state index in [2.05, 4.69) is 4.98 Å². The first-order valence-electron chi connectivity index (χ1n) is 15.2. The SMILES string of the molecule is CCCC(=O)OC[C@@]1(C)[C@@H]2C[C@H](OC(C)=O)[C@@]3(C)Oc4cc(-c5cccnc5)oc(=O)c4[C@H](O)[C@@H]3[C@@]2(C)CC[C@@H]1OC(C)=O. The first-order valence-corrected chi connectivity index (χ1v) is 15.2. The van der Waals surface area contributed by atoms with Crippen LogP contribution in [-0.2, 0) is 28.6 Å². The van der Waals surface area contributed by atoms with Gasteiger partial charge in [-0.05, 0) is 56.1 Å². The molecule has 238 valence electrons. The largest absolute Gasteiger partial charge is 0.482 e. The Morgan fingerprint density at radius 3 is 2.45 bits per heavy atom. The van der Waals surface area contributed by atoms with Gasteiger partial charge in [-0.3, -0.25) is 19.4 Å². The summed E-state index contributed by atoms with van der Waals surface area (Å²) in [5, 5.41) is 12.1. The molecule has 2 fully saturated rings. The minimum atomic E-state index is -1.34. The molecule has 5 rings (SSSR count). The molecule has 1 aliphatic heterocycles. The zero-order valence-electron chi connectivity index (χ0n) is 26.1. The molecule has 0 radical (unpaired) electrons. The summed E-state index contributed by atoms with van der Waals surface area (Å²) in [4.78, 5) is 54.8. The van der Waals surface area contributed by atoms with Gasteiger partial charge in [0.2, 0.25) is 0 Å². The maximum atomic E-state index is 13.5. The number of pyridine rings is 1. The van der Waals surface area contributed by atoms with Crippen LogP contribution < -0.4 is 10.4 Å². The molecule has 8 atom stereocenters. The van der Waals surface area contributed by atoms with Crippen molar-refractivity contribution < 1.29 is 42.9 Å². The summed E-state index contributed by atoms with van der Waals surface area (Å²) in [5.74, 6) is -2.11. The standard InChI is InChI=1S/C33H41NO10/c1-7-9-26(37)40-17-32(5)23-15-25(42-19(3)36)33(6)29(31(23,4)12-11-24(32)41-18(2)35)28(38)27-22(44-33)14-21(43-30(27)39)20-10-8-13-34-16-20/h8,10,13-14,16,23-25,28-29,38H,7,9,11-12,15,17H2,1-6H3/t23-,24+,25+,28+,29-,31+,32+,33-/m1/s1. The van der Waals surface area contributed by atoms with Gasteiger partial charge < -0.3 is 28.5 Å². The zero-order valence-corrected chi connectivity index (χ0v) is 26.1. The highest BCUT2D eigenvalue weighted by molar-refractivity contribution is 5.69. The van der Waals surface area contributed by atoms with Gasteiger partial charge in [0.15, 0.2) is 0 Å². The number of hydrogen-bond donors (Lipinski definition) is 1. The Morgan fingerprint density at radius 1 is 1.11 bits per heavy atom. The summed E-state index contributed by atoms with van der Waals surface area (Å²) in [5.41, 5.74) is -3.09. The summed E-state index contributed by atoms with van der Waals surface area (Å²) in [6, 6.07) is 5.01. The Labute approximate surface area is 256 Å². The van der Waals surface area contributed by atoms with E-state index >= 15 is 0 Å². The van der Waals surface area contributed by atoms with Crippen LogP contribution in [0.2, 0.25) is 0 Å². The van der Waals surface area contributed by atoms with Crippen LogP contribution in [0.4, 0.5) is 0 Å². The van der Waals surface area contributed by atoms with E-state index in [1.165, 1.54) is 13.8 Å². The van der Waals surface area contributed by atoms with E-state index in [1.807, 2.05) is 20.8 Å². The lowest BCUT2D eigenvalue weighted by atomic mass is 9.42. The quantitative estimate of drug-likeness (QED) is 0.347. The van der Waals surface area contributed by atoms with E-state index in [-0.39, 0.29) is 48.4 Å². The fourth-order valence-corrected chi connectivity index (χ4v) is 8.29. The van der Waals surface area contributed by atoms with Gasteiger partial charge in [0.05, 0.1) is 6.10 Å². The molecule has 2 aliphatic carbocycles. The number of aliphatic hydroxyl groups excluding tert-OH is 1. The molecule has 0 bridgehead atoms. The van der Waals surface area contributed by atoms with Gasteiger partial charge in [0.1, 0.15) is 41.5 Å². The van der Waals surface area contributed by atoms with Crippen LogP contribution in [0, 0.1) is 22.7 Å². The van der Waals surface area contributed by atoms with Crippen LogP contribution in [-0.4, -0.2) is 52.4 Å². The molecule has 0 saturated heterocycles. The molecule has 3 aliphatic rings. The minimum Gasteiger partial charge on any atom is -0.482 e. The number of ether oxygens (including phenoxy) is 4. The lowest BCUT2D eigenvalue weighted by Gasteiger charge is -2.66. The van der Waals surface area contributed by atoms with Gasteiger partial charge in [-0.2, -0.15) is 0 Å². The number of rotatable bonds is 7. The second-order valence-corrected chi connectivity index (χ2v) is 13.1. The van der Waals surface area contributed by atoms with Crippen molar-refractivity contribution in [3.63, 3.8) is 0 Å².